The number of carbonyl (C=O) groups is 1. The summed E-state index contributed by atoms with van der Waals surface area (Å²) in [6, 6.07) is 10.4. The third kappa shape index (κ3) is 2.91. The summed E-state index contributed by atoms with van der Waals surface area (Å²) in [5.74, 6) is -0.325. The first-order valence-electron chi connectivity index (χ1n) is 6.06. The van der Waals surface area contributed by atoms with Gasteiger partial charge in [-0.25, -0.2) is 4.79 Å². The Morgan fingerprint density at radius 3 is 2.32 bits per heavy atom. The molecule has 2 rings (SSSR count). The Balaban J connectivity index is 2.29. The van der Waals surface area contributed by atoms with Crippen molar-refractivity contribution in [2.75, 3.05) is 6.61 Å². The third-order valence-corrected chi connectivity index (χ3v) is 2.82. The summed E-state index contributed by atoms with van der Waals surface area (Å²) in [4.78, 5) is 22.8. The minimum atomic E-state index is -0.325. The van der Waals surface area contributed by atoms with E-state index in [4.69, 9.17) is 4.74 Å². The Bertz CT molecular complexity index is 641. The number of ether oxygens (including phenoxy) is 1. The quantitative estimate of drug-likeness (QED) is 0.792. The average molecular weight is 257 g/mol. The number of rotatable bonds is 3. The number of aryl methyl sites for hydroxylation is 1. The molecule has 1 aromatic heterocycles. The van der Waals surface area contributed by atoms with Crippen LogP contribution >= 0.6 is 0 Å². The molecular weight excluding hydrogens is 242 g/mol. The summed E-state index contributed by atoms with van der Waals surface area (Å²) >= 11 is 0. The van der Waals surface area contributed by atoms with Crippen molar-refractivity contribution in [3.05, 3.63) is 58.5 Å². The van der Waals surface area contributed by atoms with Crippen LogP contribution in [0.2, 0.25) is 0 Å². The normalized spacial score (nSPS) is 10.2. The van der Waals surface area contributed by atoms with Crippen molar-refractivity contribution in [3.63, 3.8) is 0 Å². The fourth-order valence-electron chi connectivity index (χ4n) is 1.78. The molecule has 0 unspecified atom stereocenters. The predicted molar refractivity (Wildman–Crippen MR) is 73.1 cm³/mol. The number of carbonyl (C=O) groups excluding carboxylic acids is 1. The molecule has 0 bridgehead atoms. The molecule has 1 heterocycles. The molecule has 0 aliphatic rings. The van der Waals surface area contributed by atoms with Gasteiger partial charge in [-0.15, -0.1) is 0 Å². The lowest BCUT2D eigenvalue weighted by atomic mass is 10.1. The van der Waals surface area contributed by atoms with Gasteiger partial charge in [0.1, 0.15) is 0 Å². The molecule has 0 N–H and O–H groups in total. The molecular formula is C15H15NO3. The van der Waals surface area contributed by atoms with Gasteiger partial charge in [0.05, 0.1) is 12.2 Å². The van der Waals surface area contributed by atoms with Crippen molar-refractivity contribution < 1.29 is 9.53 Å². The van der Waals surface area contributed by atoms with Crippen LogP contribution in [0.3, 0.4) is 0 Å². The lowest BCUT2D eigenvalue weighted by Gasteiger charge is -2.05. The molecule has 98 valence electrons. The highest BCUT2D eigenvalue weighted by molar-refractivity contribution is 5.90. The van der Waals surface area contributed by atoms with Gasteiger partial charge in [0.2, 0.25) is 5.56 Å². The zero-order valence-electron chi connectivity index (χ0n) is 10.9. The van der Waals surface area contributed by atoms with E-state index >= 15 is 0 Å². The molecule has 0 aliphatic heterocycles. The van der Waals surface area contributed by atoms with Gasteiger partial charge >= 0.3 is 5.97 Å². The summed E-state index contributed by atoms with van der Waals surface area (Å²) in [5, 5.41) is 0. The third-order valence-electron chi connectivity index (χ3n) is 2.82. The van der Waals surface area contributed by atoms with Crippen molar-refractivity contribution in [1.29, 1.82) is 0 Å². The minimum Gasteiger partial charge on any atom is -0.462 e. The van der Waals surface area contributed by atoms with Crippen LogP contribution in [0.1, 0.15) is 17.3 Å². The standard InChI is InChI=1S/C15H15NO3/c1-3-19-15(18)12-6-4-11(5-7-12)13-8-9-14(17)16(2)10-13/h4-10H,3H2,1-2H3. The zero-order chi connectivity index (χ0) is 13.8. The van der Waals surface area contributed by atoms with Crippen molar-refractivity contribution in [3.8, 4) is 11.1 Å². The number of pyridine rings is 1. The zero-order valence-corrected chi connectivity index (χ0v) is 10.9. The van der Waals surface area contributed by atoms with Gasteiger partial charge in [0.25, 0.3) is 0 Å². The molecule has 0 aliphatic carbocycles. The maximum Gasteiger partial charge on any atom is 0.338 e. The van der Waals surface area contributed by atoms with Gasteiger partial charge in [0, 0.05) is 19.3 Å². The maximum absolute atomic E-state index is 11.5. The van der Waals surface area contributed by atoms with Gasteiger partial charge in [0.15, 0.2) is 0 Å². The Hall–Kier alpha value is -2.36. The van der Waals surface area contributed by atoms with E-state index in [1.807, 2.05) is 12.1 Å². The van der Waals surface area contributed by atoms with Gasteiger partial charge in [-0.3, -0.25) is 4.79 Å². The summed E-state index contributed by atoms with van der Waals surface area (Å²) < 4.78 is 6.45. The van der Waals surface area contributed by atoms with E-state index in [0.29, 0.717) is 12.2 Å². The lowest BCUT2D eigenvalue weighted by molar-refractivity contribution is 0.0526. The summed E-state index contributed by atoms with van der Waals surface area (Å²) in [6.45, 7) is 2.14. The molecule has 4 nitrogen and oxygen atoms in total. The second-order valence-electron chi connectivity index (χ2n) is 4.16. The monoisotopic (exact) mass is 257 g/mol. The van der Waals surface area contributed by atoms with Crippen LogP contribution in [-0.2, 0) is 11.8 Å². The molecule has 2 aromatic rings. The second-order valence-corrected chi connectivity index (χ2v) is 4.16. The van der Waals surface area contributed by atoms with E-state index in [1.165, 1.54) is 10.6 Å². The fraction of sp³-hybridized carbons (Fsp3) is 0.200. The topological polar surface area (TPSA) is 48.3 Å². The number of benzene rings is 1. The van der Waals surface area contributed by atoms with E-state index in [1.54, 1.807) is 38.4 Å². The highest BCUT2D eigenvalue weighted by atomic mass is 16.5. The molecule has 19 heavy (non-hydrogen) atoms. The number of aromatic nitrogens is 1. The van der Waals surface area contributed by atoms with Gasteiger partial charge < -0.3 is 9.30 Å². The van der Waals surface area contributed by atoms with E-state index < -0.39 is 0 Å². The average Bonchev–Trinajstić information content (AvgIpc) is 2.42. The molecule has 0 saturated carbocycles. The number of hydrogen-bond acceptors (Lipinski definition) is 3. The van der Waals surface area contributed by atoms with Gasteiger partial charge in [-0.1, -0.05) is 12.1 Å². The molecule has 4 heteroatoms. The molecule has 1 aromatic carbocycles. The second kappa shape index (κ2) is 5.52. The van der Waals surface area contributed by atoms with Crippen LogP contribution in [0, 0.1) is 0 Å². The Morgan fingerprint density at radius 2 is 1.74 bits per heavy atom. The first-order chi connectivity index (χ1) is 9.11. The van der Waals surface area contributed by atoms with Gasteiger partial charge in [-0.2, -0.15) is 0 Å². The van der Waals surface area contributed by atoms with Crippen LogP contribution in [0.25, 0.3) is 11.1 Å². The summed E-state index contributed by atoms with van der Waals surface area (Å²) in [6.07, 6.45) is 1.77. The Morgan fingerprint density at radius 1 is 1.11 bits per heavy atom. The van der Waals surface area contributed by atoms with Crippen LogP contribution in [0.15, 0.2) is 47.4 Å². The van der Waals surface area contributed by atoms with E-state index in [0.717, 1.165) is 11.1 Å². The van der Waals surface area contributed by atoms with Crippen LogP contribution in [0.4, 0.5) is 0 Å². The van der Waals surface area contributed by atoms with E-state index in [-0.39, 0.29) is 11.5 Å². The molecule has 0 saturated heterocycles. The van der Waals surface area contributed by atoms with Crippen molar-refractivity contribution in [1.82, 2.24) is 4.57 Å². The number of hydrogen-bond donors (Lipinski definition) is 0. The largest absolute Gasteiger partial charge is 0.462 e. The van der Waals surface area contributed by atoms with Crippen molar-refractivity contribution in [2.24, 2.45) is 7.05 Å². The van der Waals surface area contributed by atoms with Gasteiger partial charge in [-0.05, 0) is 36.2 Å². The number of nitrogens with zero attached hydrogens (tertiary/aromatic N) is 1. The molecule has 0 amide bonds. The maximum atomic E-state index is 11.5. The van der Waals surface area contributed by atoms with E-state index in [2.05, 4.69) is 0 Å². The van der Waals surface area contributed by atoms with Crippen LogP contribution in [-0.4, -0.2) is 17.1 Å². The smallest absolute Gasteiger partial charge is 0.338 e. The van der Waals surface area contributed by atoms with Crippen molar-refractivity contribution in [2.45, 2.75) is 6.92 Å². The predicted octanol–water partition coefficient (Wildman–Crippen LogP) is 2.23. The molecule has 0 radical (unpaired) electrons. The van der Waals surface area contributed by atoms with Crippen molar-refractivity contribution >= 4 is 5.97 Å². The van der Waals surface area contributed by atoms with Crippen LogP contribution < -0.4 is 5.56 Å². The highest BCUT2D eigenvalue weighted by Gasteiger charge is 2.06. The first kappa shape index (κ1) is 13.1. The summed E-state index contributed by atoms with van der Waals surface area (Å²) in [7, 11) is 1.71. The van der Waals surface area contributed by atoms with Crippen LogP contribution in [0.5, 0.6) is 0 Å². The van der Waals surface area contributed by atoms with E-state index in [9.17, 15) is 9.59 Å². The number of esters is 1. The molecule has 0 fully saturated rings. The Labute approximate surface area is 111 Å². The Kier molecular flexibility index (Phi) is 3.80. The molecule has 0 atom stereocenters. The summed E-state index contributed by atoms with van der Waals surface area (Å²) in [5.41, 5.74) is 2.35. The fourth-order valence-corrected chi connectivity index (χ4v) is 1.78. The molecule has 0 spiro atoms. The highest BCUT2D eigenvalue weighted by Crippen LogP contribution is 2.18. The first-order valence-corrected chi connectivity index (χ1v) is 6.06. The SMILES string of the molecule is CCOC(=O)c1ccc(-c2ccc(=O)n(C)c2)cc1. The lowest BCUT2D eigenvalue weighted by Crippen LogP contribution is -2.13. The minimum absolute atomic E-state index is 0.0492.